The Morgan fingerprint density at radius 2 is 2.00 bits per heavy atom. The molecule has 1 heterocycles. The number of carbonyl (C=O) groups is 1. The molecule has 3 rings (SSSR count). The van der Waals surface area contributed by atoms with Crippen LogP contribution in [0.2, 0.25) is 0 Å². The van der Waals surface area contributed by atoms with Gasteiger partial charge in [-0.05, 0) is 30.2 Å². The maximum absolute atomic E-state index is 11.5. The third-order valence-electron chi connectivity index (χ3n) is 4.44. The number of aromatic amines is 1. The van der Waals surface area contributed by atoms with Gasteiger partial charge in [-0.3, -0.25) is 4.79 Å². The number of fused-ring (bicyclic) bond motifs is 1. The zero-order valence-electron chi connectivity index (χ0n) is 11.7. The van der Waals surface area contributed by atoms with Crippen molar-refractivity contribution in [1.29, 1.82) is 0 Å². The van der Waals surface area contributed by atoms with Crippen LogP contribution in [0.3, 0.4) is 0 Å². The van der Waals surface area contributed by atoms with Crippen molar-refractivity contribution in [3.8, 4) is 0 Å². The van der Waals surface area contributed by atoms with E-state index in [-0.39, 0.29) is 0 Å². The van der Waals surface area contributed by atoms with Crippen molar-refractivity contribution in [2.75, 3.05) is 0 Å². The Hall–Kier alpha value is -1.57. The molecular weight excluding hydrogens is 234 g/mol. The molecule has 19 heavy (non-hydrogen) atoms. The highest BCUT2D eigenvalue weighted by atomic mass is 16.1. The van der Waals surface area contributed by atoms with E-state index in [0.717, 1.165) is 17.2 Å². The summed E-state index contributed by atoms with van der Waals surface area (Å²) in [6.45, 7) is 4.40. The summed E-state index contributed by atoms with van der Waals surface area (Å²) < 4.78 is 0. The molecule has 0 saturated heterocycles. The van der Waals surface area contributed by atoms with Gasteiger partial charge in [-0.2, -0.15) is 0 Å². The first-order chi connectivity index (χ1) is 9.22. The number of rotatable bonds is 3. The van der Waals surface area contributed by atoms with Crippen molar-refractivity contribution in [3.63, 3.8) is 0 Å². The van der Waals surface area contributed by atoms with Crippen LogP contribution in [0.1, 0.15) is 73.0 Å². The van der Waals surface area contributed by atoms with E-state index in [1.807, 2.05) is 0 Å². The Balaban J connectivity index is 2.22. The smallest absolute Gasteiger partial charge is 0.152 e. The van der Waals surface area contributed by atoms with Gasteiger partial charge >= 0.3 is 0 Å². The average molecular weight is 255 g/mol. The van der Waals surface area contributed by atoms with Crippen LogP contribution in [0, 0.1) is 0 Å². The van der Waals surface area contributed by atoms with Gasteiger partial charge < -0.3 is 4.98 Å². The molecule has 0 radical (unpaired) electrons. The molecule has 1 saturated carbocycles. The van der Waals surface area contributed by atoms with Crippen molar-refractivity contribution in [2.24, 2.45) is 0 Å². The minimum absolute atomic E-state index is 0.471. The zero-order chi connectivity index (χ0) is 13.4. The Morgan fingerprint density at radius 1 is 1.26 bits per heavy atom. The number of H-pyrrole nitrogens is 1. The number of hydrogen-bond acceptors (Lipinski definition) is 1. The molecule has 1 N–H and O–H groups in total. The minimum atomic E-state index is 0.471. The summed E-state index contributed by atoms with van der Waals surface area (Å²) in [6.07, 6.45) is 6.04. The second-order valence-corrected chi connectivity index (χ2v) is 5.98. The van der Waals surface area contributed by atoms with E-state index in [2.05, 4.69) is 37.0 Å². The first kappa shape index (κ1) is 12.5. The number of benzene rings is 1. The lowest BCUT2D eigenvalue weighted by molar-refractivity contribution is 0.112. The van der Waals surface area contributed by atoms with Gasteiger partial charge in [-0.1, -0.05) is 44.9 Å². The van der Waals surface area contributed by atoms with Gasteiger partial charge in [0.2, 0.25) is 0 Å². The van der Waals surface area contributed by atoms with Crippen LogP contribution in [0.5, 0.6) is 0 Å². The van der Waals surface area contributed by atoms with Gasteiger partial charge in [0.15, 0.2) is 6.29 Å². The molecule has 0 bridgehead atoms. The van der Waals surface area contributed by atoms with Crippen molar-refractivity contribution < 1.29 is 4.79 Å². The Kier molecular flexibility index (Phi) is 3.17. The molecule has 2 aromatic rings. The Labute approximate surface area is 114 Å². The van der Waals surface area contributed by atoms with E-state index in [0.29, 0.717) is 11.8 Å². The van der Waals surface area contributed by atoms with Crippen LogP contribution in [-0.4, -0.2) is 11.3 Å². The van der Waals surface area contributed by atoms with E-state index in [9.17, 15) is 4.79 Å². The predicted octanol–water partition coefficient (Wildman–Crippen LogP) is 4.76. The lowest BCUT2D eigenvalue weighted by Crippen LogP contribution is -1.96. The summed E-state index contributed by atoms with van der Waals surface area (Å²) in [4.78, 5) is 15.1. The number of hydrogen-bond donors (Lipinski definition) is 1. The highest BCUT2D eigenvalue weighted by Crippen LogP contribution is 2.38. The fourth-order valence-electron chi connectivity index (χ4n) is 3.43. The number of carbonyl (C=O) groups excluding carboxylic acids is 1. The molecule has 0 atom stereocenters. The summed E-state index contributed by atoms with van der Waals surface area (Å²) in [7, 11) is 0. The topological polar surface area (TPSA) is 32.9 Å². The van der Waals surface area contributed by atoms with Crippen LogP contribution < -0.4 is 0 Å². The SMILES string of the molecule is CC(C)c1cccc2c(C=O)c(C3CCCC3)[nH]c12. The molecule has 0 spiro atoms. The molecule has 2 nitrogen and oxygen atoms in total. The molecule has 1 aromatic heterocycles. The third kappa shape index (κ3) is 1.99. The van der Waals surface area contributed by atoms with Crippen molar-refractivity contribution >= 4 is 17.2 Å². The summed E-state index contributed by atoms with van der Waals surface area (Å²) in [6, 6.07) is 6.30. The lowest BCUT2D eigenvalue weighted by atomic mass is 9.97. The van der Waals surface area contributed by atoms with Crippen LogP contribution in [0.25, 0.3) is 10.9 Å². The monoisotopic (exact) mass is 255 g/mol. The molecule has 1 aliphatic rings. The van der Waals surface area contributed by atoms with Crippen molar-refractivity contribution in [3.05, 3.63) is 35.0 Å². The summed E-state index contributed by atoms with van der Waals surface area (Å²) in [5, 5.41) is 1.10. The second kappa shape index (κ2) is 4.84. The maximum atomic E-state index is 11.5. The summed E-state index contributed by atoms with van der Waals surface area (Å²) in [5.74, 6) is 1.02. The van der Waals surface area contributed by atoms with Crippen LogP contribution >= 0.6 is 0 Å². The standard InChI is InChI=1S/C17H21NO/c1-11(2)13-8-5-9-14-15(10-19)16(18-17(13)14)12-6-3-4-7-12/h5,8-12,18H,3-4,6-7H2,1-2H3. The van der Waals surface area contributed by atoms with E-state index in [1.165, 1.54) is 42.5 Å². The van der Waals surface area contributed by atoms with Crippen LogP contribution in [0.15, 0.2) is 18.2 Å². The molecule has 2 heteroatoms. The van der Waals surface area contributed by atoms with Crippen molar-refractivity contribution in [1.82, 2.24) is 4.98 Å². The highest BCUT2D eigenvalue weighted by molar-refractivity contribution is 6.00. The van der Waals surface area contributed by atoms with E-state index in [4.69, 9.17) is 0 Å². The van der Waals surface area contributed by atoms with Gasteiger partial charge in [-0.25, -0.2) is 0 Å². The summed E-state index contributed by atoms with van der Waals surface area (Å²) in [5.41, 5.74) is 4.55. The molecular formula is C17H21NO. The van der Waals surface area contributed by atoms with E-state index < -0.39 is 0 Å². The summed E-state index contributed by atoms with van der Waals surface area (Å²) >= 11 is 0. The number of aldehydes is 1. The predicted molar refractivity (Wildman–Crippen MR) is 79.0 cm³/mol. The van der Waals surface area contributed by atoms with Crippen molar-refractivity contribution in [2.45, 2.75) is 51.4 Å². The Morgan fingerprint density at radius 3 is 2.63 bits per heavy atom. The van der Waals surface area contributed by atoms with Gasteiger partial charge in [-0.15, -0.1) is 0 Å². The van der Waals surface area contributed by atoms with Gasteiger partial charge in [0.25, 0.3) is 0 Å². The molecule has 100 valence electrons. The third-order valence-corrected chi connectivity index (χ3v) is 4.44. The molecule has 1 aliphatic carbocycles. The minimum Gasteiger partial charge on any atom is -0.357 e. The number of para-hydroxylation sites is 1. The first-order valence-corrected chi connectivity index (χ1v) is 7.32. The normalized spacial score (nSPS) is 16.6. The molecule has 0 unspecified atom stereocenters. The van der Waals surface area contributed by atoms with Gasteiger partial charge in [0, 0.05) is 22.2 Å². The fraction of sp³-hybridized carbons (Fsp3) is 0.471. The van der Waals surface area contributed by atoms with Crippen LogP contribution in [0.4, 0.5) is 0 Å². The molecule has 1 fully saturated rings. The largest absolute Gasteiger partial charge is 0.357 e. The molecule has 0 amide bonds. The highest BCUT2D eigenvalue weighted by Gasteiger charge is 2.24. The Bertz CT molecular complexity index is 603. The van der Waals surface area contributed by atoms with Gasteiger partial charge in [0.1, 0.15) is 0 Å². The van der Waals surface area contributed by atoms with Gasteiger partial charge in [0.05, 0.1) is 0 Å². The lowest BCUT2D eigenvalue weighted by Gasteiger charge is -2.08. The zero-order valence-corrected chi connectivity index (χ0v) is 11.7. The van der Waals surface area contributed by atoms with E-state index >= 15 is 0 Å². The molecule has 1 aromatic carbocycles. The second-order valence-electron chi connectivity index (χ2n) is 5.98. The van der Waals surface area contributed by atoms with E-state index in [1.54, 1.807) is 0 Å². The fourth-order valence-corrected chi connectivity index (χ4v) is 3.43. The maximum Gasteiger partial charge on any atom is 0.152 e. The number of aromatic nitrogens is 1. The van der Waals surface area contributed by atoms with Crippen LogP contribution in [-0.2, 0) is 0 Å². The quantitative estimate of drug-likeness (QED) is 0.788. The average Bonchev–Trinajstić information content (AvgIpc) is 3.04. The molecule has 0 aliphatic heterocycles. The first-order valence-electron chi connectivity index (χ1n) is 7.32. The number of nitrogens with one attached hydrogen (secondary N) is 1.